The number of amides is 2. The van der Waals surface area contributed by atoms with Gasteiger partial charge in [0.05, 0.1) is 0 Å². The molecule has 0 radical (unpaired) electrons. The maximum Gasteiger partial charge on any atom is 0.274 e. The molecular formula is C23H30N4O2. The molecule has 2 amide bonds. The monoisotopic (exact) mass is 394 g/mol. The van der Waals surface area contributed by atoms with E-state index < -0.39 is 0 Å². The summed E-state index contributed by atoms with van der Waals surface area (Å²) in [5.41, 5.74) is 2.42. The summed E-state index contributed by atoms with van der Waals surface area (Å²) < 4.78 is 0. The SMILES string of the molecule is CCN(CC)C(=O)c1cccc(C(=O)Nc2ccc(N3CCC(C)CC3)cc2)n1. The summed E-state index contributed by atoms with van der Waals surface area (Å²) in [4.78, 5) is 33.4. The van der Waals surface area contributed by atoms with Crippen LogP contribution in [0.3, 0.4) is 0 Å². The van der Waals surface area contributed by atoms with Gasteiger partial charge in [-0.15, -0.1) is 0 Å². The first kappa shape index (κ1) is 20.8. The zero-order valence-corrected chi connectivity index (χ0v) is 17.5. The summed E-state index contributed by atoms with van der Waals surface area (Å²) in [6.07, 6.45) is 2.43. The third-order valence-electron chi connectivity index (χ3n) is 5.53. The van der Waals surface area contributed by atoms with Crippen LogP contribution >= 0.6 is 0 Å². The Morgan fingerprint density at radius 1 is 1.03 bits per heavy atom. The highest BCUT2D eigenvalue weighted by Crippen LogP contribution is 2.24. The van der Waals surface area contributed by atoms with E-state index in [1.165, 1.54) is 18.5 Å². The lowest BCUT2D eigenvalue weighted by molar-refractivity contribution is 0.0767. The fourth-order valence-corrected chi connectivity index (χ4v) is 3.57. The van der Waals surface area contributed by atoms with E-state index >= 15 is 0 Å². The maximum absolute atomic E-state index is 12.6. The Kier molecular flexibility index (Phi) is 6.86. The second-order valence-electron chi connectivity index (χ2n) is 7.56. The van der Waals surface area contributed by atoms with Gasteiger partial charge < -0.3 is 15.1 Å². The fraction of sp³-hybridized carbons (Fsp3) is 0.435. The van der Waals surface area contributed by atoms with E-state index in [0.29, 0.717) is 18.8 Å². The van der Waals surface area contributed by atoms with Crippen LogP contribution in [0, 0.1) is 5.92 Å². The fourth-order valence-electron chi connectivity index (χ4n) is 3.57. The van der Waals surface area contributed by atoms with E-state index in [1.54, 1.807) is 23.1 Å². The van der Waals surface area contributed by atoms with E-state index in [0.717, 1.165) is 19.0 Å². The molecule has 2 aromatic rings. The minimum absolute atomic E-state index is 0.162. The highest BCUT2D eigenvalue weighted by atomic mass is 16.2. The van der Waals surface area contributed by atoms with Crippen molar-refractivity contribution in [3.8, 4) is 0 Å². The number of piperidine rings is 1. The Morgan fingerprint density at radius 2 is 1.66 bits per heavy atom. The van der Waals surface area contributed by atoms with Gasteiger partial charge >= 0.3 is 0 Å². The minimum Gasteiger partial charge on any atom is -0.372 e. The highest BCUT2D eigenvalue weighted by molar-refractivity contribution is 6.03. The number of carbonyl (C=O) groups is 2. The molecule has 3 rings (SSSR count). The van der Waals surface area contributed by atoms with Crippen molar-refractivity contribution in [1.29, 1.82) is 0 Å². The number of pyridine rings is 1. The lowest BCUT2D eigenvalue weighted by atomic mass is 9.99. The van der Waals surface area contributed by atoms with Gasteiger partial charge in [-0.3, -0.25) is 9.59 Å². The van der Waals surface area contributed by atoms with Crippen molar-refractivity contribution in [3.05, 3.63) is 53.9 Å². The number of rotatable bonds is 6. The predicted molar refractivity (Wildman–Crippen MR) is 116 cm³/mol. The highest BCUT2D eigenvalue weighted by Gasteiger charge is 2.18. The van der Waals surface area contributed by atoms with Gasteiger partial charge in [0.1, 0.15) is 11.4 Å². The minimum atomic E-state index is -0.321. The molecule has 1 N–H and O–H groups in total. The zero-order valence-electron chi connectivity index (χ0n) is 17.5. The number of nitrogens with zero attached hydrogens (tertiary/aromatic N) is 3. The third-order valence-corrected chi connectivity index (χ3v) is 5.53. The van der Waals surface area contributed by atoms with Gasteiger partial charge in [-0.25, -0.2) is 4.98 Å². The van der Waals surface area contributed by atoms with E-state index in [9.17, 15) is 9.59 Å². The van der Waals surface area contributed by atoms with Gasteiger partial charge in [-0.1, -0.05) is 13.0 Å². The number of nitrogens with one attached hydrogen (secondary N) is 1. The summed E-state index contributed by atoms with van der Waals surface area (Å²) in [5, 5.41) is 2.87. The molecular weight excluding hydrogens is 364 g/mol. The van der Waals surface area contributed by atoms with Crippen molar-refractivity contribution in [2.24, 2.45) is 5.92 Å². The van der Waals surface area contributed by atoms with Crippen LogP contribution in [0.5, 0.6) is 0 Å². The molecule has 1 aliphatic heterocycles. The smallest absolute Gasteiger partial charge is 0.274 e. The van der Waals surface area contributed by atoms with Gasteiger partial charge in [-0.2, -0.15) is 0 Å². The normalized spacial score (nSPS) is 14.5. The zero-order chi connectivity index (χ0) is 20.8. The molecule has 1 saturated heterocycles. The van der Waals surface area contributed by atoms with Crippen LogP contribution in [-0.4, -0.2) is 47.9 Å². The molecule has 1 aromatic carbocycles. The Morgan fingerprint density at radius 3 is 2.28 bits per heavy atom. The van der Waals surface area contributed by atoms with Gasteiger partial charge in [-0.05, 0) is 69.0 Å². The Bertz CT molecular complexity index is 838. The molecule has 6 nitrogen and oxygen atoms in total. The first-order chi connectivity index (χ1) is 14.0. The van der Waals surface area contributed by atoms with Crippen LogP contribution in [0.2, 0.25) is 0 Å². The van der Waals surface area contributed by atoms with Gasteiger partial charge in [0.15, 0.2) is 0 Å². The number of benzene rings is 1. The number of anilines is 2. The van der Waals surface area contributed by atoms with Crippen molar-refractivity contribution >= 4 is 23.2 Å². The molecule has 0 unspecified atom stereocenters. The van der Waals surface area contributed by atoms with Crippen LogP contribution in [0.4, 0.5) is 11.4 Å². The van der Waals surface area contributed by atoms with Gasteiger partial charge in [0.25, 0.3) is 11.8 Å². The van der Waals surface area contributed by atoms with Crippen LogP contribution in [-0.2, 0) is 0 Å². The lowest BCUT2D eigenvalue weighted by Gasteiger charge is -2.32. The van der Waals surface area contributed by atoms with Crippen LogP contribution in [0.15, 0.2) is 42.5 Å². The van der Waals surface area contributed by atoms with Crippen molar-refractivity contribution in [2.45, 2.75) is 33.6 Å². The summed E-state index contributed by atoms with van der Waals surface area (Å²) in [6, 6.07) is 12.9. The van der Waals surface area contributed by atoms with Gasteiger partial charge in [0.2, 0.25) is 0 Å². The lowest BCUT2D eigenvalue weighted by Crippen LogP contribution is -2.32. The second kappa shape index (κ2) is 9.54. The molecule has 29 heavy (non-hydrogen) atoms. The van der Waals surface area contributed by atoms with Gasteiger partial charge in [0, 0.05) is 37.6 Å². The summed E-state index contributed by atoms with van der Waals surface area (Å²) >= 11 is 0. The van der Waals surface area contributed by atoms with Crippen LogP contribution < -0.4 is 10.2 Å². The quantitative estimate of drug-likeness (QED) is 0.803. The number of carbonyl (C=O) groups excluding carboxylic acids is 2. The number of hydrogen-bond donors (Lipinski definition) is 1. The molecule has 6 heteroatoms. The maximum atomic E-state index is 12.6. The Balaban J connectivity index is 1.66. The topological polar surface area (TPSA) is 65.5 Å². The molecule has 1 fully saturated rings. The van der Waals surface area contributed by atoms with Crippen molar-refractivity contribution in [3.63, 3.8) is 0 Å². The molecule has 0 spiro atoms. The van der Waals surface area contributed by atoms with Crippen LogP contribution in [0.1, 0.15) is 54.6 Å². The molecule has 1 aliphatic rings. The van der Waals surface area contributed by atoms with E-state index in [4.69, 9.17) is 0 Å². The number of aromatic nitrogens is 1. The molecule has 1 aromatic heterocycles. The van der Waals surface area contributed by atoms with Crippen molar-refractivity contribution in [1.82, 2.24) is 9.88 Å². The Labute approximate surface area is 172 Å². The van der Waals surface area contributed by atoms with Crippen LogP contribution in [0.25, 0.3) is 0 Å². The summed E-state index contributed by atoms with van der Waals surface area (Å²) in [7, 11) is 0. The predicted octanol–water partition coefficient (Wildman–Crippen LogP) is 4.05. The molecule has 0 aliphatic carbocycles. The van der Waals surface area contributed by atoms with Crippen molar-refractivity contribution in [2.75, 3.05) is 36.4 Å². The number of hydrogen-bond acceptors (Lipinski definition) is 4. The summed E-state index contributed by atoms with van der Waals surface area (Å²) in [5.74, 6) is 0.310. The van der Waals surface area contributed by atoms with E-state index in [1.807, 2.05) is 38.1 Å². The molecule has 0 bridgehead atoms. The largest absolute Gasteiger partial charge is 0.372 e. The standard InChI is InChI=1S/C23H30N4O2/c1-4-26(5-2)23(29)21-8-6-7-20(25-21)22(28)24-18-9-11-19(12-10-18)27-15-13-17(3)14-16-27/h6-12,17H,4-5,13-16H2,1-3H3,(H,24,28). The molecule has 154 valence electrons. The Hall–Kier alpha value is -2.89. The van der Waals surface area contributed by atoms with Crippen molar-refractivity contribution < 1.29 is 9.59 Å². The first-order valence-corrected chi connectivity index (χ1v) is 10.4. The molecule has 0 saturated carbocycles. The first-order valence-electron chi connectivity index (χ1n) is 10.4. The average Bonchev–Trinajstić information content (AvgIpc) is 2.76. The summed E-state index contributed by atoms with van der Waals surface area (Å²) in [6.45, 7) is 9.51. The average molecular weight is 395 g/mol. The molecule has 0 atom stereocenters. The third kappa shape index (κ3) is 5.13. The second-order valence-corrected chi connectivity index (χ2v) is 7.56. The van der Waals surface area contributed by atoms with E-state index in [-0.39, 0.29) is 23.2 Å². The van der Waals surface area contributed by atoms with E-state index in [2.05, 4.69) is 22.1 Å². The molecule has 2 heterocycles.